The molecule has 124 valence electrons. The summed E-state index contributed by atoms with van der Waals surface area (Å²) in [6.07, 6.45) is 2.38. The molecule has 1 aromatic carbocycles. The number of rotatable bonds is 9. The van der Waals surface area contributed by atoms with Gasteiger partial charge >= 0.3 is 0 Å². The molecule has 0 fully saturated rings. The van der Waals surface area contributed by atoms with Crippen molar-refractivity contribution in [2.24, 2.45) is 0 Å². The molecule has 1 N–H and O–H groups in total. The fraction of sp³-hybridized carbons (Fsp3) is 0.444. The van der Waals surface area contributed by atoms with Gasteiger partial charge in [0.25, 0.3) is 0 Å². The van der Waals surface area contributed by atoms with Gasteiger partial charge in [-0.3, -0.25) is 0 Å². The van der Waals surface area contributed by atoms with Crippen LogP contribution in [-0.2, 0) is 17.8 Å². The lowest BCUT2D eigenvalue weighted by atomic mass is 10.1. The Balaban J connectivity index is 2.01. The van der Waals surface area contributed by atoms with Crippen molar-refractivity contribution in [1.82, 2.24) is 4.98 Å². The van der Waals surface area contributed by atoms with Crippen molar-refractivity contribution in [2.75, 3.05) is 13.1 Å². The Morgan fingerprint density at radius 1 is 1.26 bits per heavy atom. The number of carbonyl (C=O) groups is 1. The van der Waals surface area contributed by atoms with Crippen molar-refractivity contribution in [2.45, 2.75) is 39.7 Å². The molecule has 23 heavy (non-hydrogen) atoms. The highest BCUT2D eigenvalue weighted by molar-refractivity contribution is 7.13. The zero-order valence-electron chi connectivity index (χ0n) is 13.8. The Labute approximate surface area is 141 Å². The van der Waals surface area contributed by atoms with E-state index in [1.165, 1.54) is 36.3 Å². The number of quaternary nitrogens is 1. The predicted octanol–water partition coefficient (Wildman–Crippen LogP) is 1.31. The average Bonchev–Trinajstić information content (AvgIpc) is 2.99. The van der Waals surface area contributed by atoms with Crippen molar-refractivity contribution in [3.63, 3.8) is 0 Å². The SMILES string of the molecule is CCCC[NH+](CC)Cc1ccc(-c2nc(CC(=O)[O-])cs2)cc1. The standard InChI is InChI=1S/C18H24N2O2S/c1-3-5-10-20(4-2)12-14-6-8-15(9-7-14)18-19-16(13-23-18)11-17(21)22/h6-9,13H,3-5,10-12H2,1-2H3,(H,21,22). The summed E-state index contributed by atoms with van der Waals surface area (Å²) in [5.74, 6) is -1.09. The van der Waals surface area contributed by atoms with Crippen LogP contribution < -0.4 is 10.0 Å². The van der Waals surface area contributed by atoms with E-state index < -0.39 is 5.97 Å². The topological polar surface area (TPSA) is 57.5 Å². The first kappa shape index (κ1) is 17.6. The van der Waals surface area contributed by atoms with E-state index in [1.807, 2.05) is 0 Å². The minimum atomic E-state index is -1.09. The van der Waals surface area contributed by atoms with Gasteiger partial charge in [0.15, 0.2) is 0 Å². The molecule has 0 aliphatic heterocycles. The predicted molar refractivity (Wildman–Crippen MR) is 91.2 cm³/mol. The van der Waals surface area contributed by atoms with Crippen LogP contribution in [0.1, 0.15) is 37.9 Å². The average molecular weight is 332 g/mol. The maximum atomic E-state index is 10.6. The maximum absolute atomic E-state index is 10.6. The number of carboxylic acid groups (broad SMARTS) is 1. The van der Waals surface area contributed by atoms with E-state index in [4.69, 9.17) is 0 Å². The lowest BCUT2D eigenvalue weighted by Crippen LogP contribution is -3.10. The van der Waals surface area contributed by atoms with Gasteiger partial charge in [-0.05, 0) is 13.3 Å². The maximum Gasteiger partial charge on any atom is 0.123 e. The summed E-state index contributed by atoms with van der Waals surface area (Å²) in [5.41, 5.74) is 2.93. The van der Waals surface area contributed by atoms with Gasteiger partial charge in [0.05, 0.1) is 18.8 Å². The molecule has 0 aliphatic carbocycles. The molecule has 2 aromatic rings. The van der Waals surface area contributed by atoms with Crippen LogP contribution in [-0.4, -0.2) is 24.0 Å². The Morgan fingerprint density at radius 3 is 2.61 bits per heavy atom. The van der Waals surface area contributed by atoms with Crippen molar-refractivity contribution in [3.8, 4) is 10.6 Å². The number of carboxylic acids is 1. The molecular formula is C18H24N2O2S. The molecule has 5 heteroatoms. The summed E-state index contributed by atoms with van der Waals surface area (Å²) in [6, 6.07) is 8.45. The highest BCUT2D eigenvalue weighted by atomic mass is 32.1. The van der Waals surface area contributed by atoms with Crippen molar-refractivity contribution >= 4 is 17.3 Å². The van der Waals surface area contributed by atoms with Gasteiger partial charge in [-0.1, -0.05) is 37.6 Å². The van der Waals surface area contributed by atoms with Gasteiger partial charge in [0, 0.05) is 28.9 Å². The van der Waals surface area contributed by atoms with Crippen LogP contribution in [0.3, 0.4) is 0 Å². The van der Waals surface area contributed by atoms with Crippen LogP contribution in [0.25, 0.3) is 10.6 Å². The smallest absolute Gasteiger partial charge is 0.123 e. The molecule has 0 amide bonds. The Kier molecular flexibility index (Phi) is 6.74. The number of aliphatic carboxylic acids is 1. The van der Waals surface area contributed by atoms with Gasteiger partial charge in [0.2, 0.25) is 0 Å². The van der Waals surface area contributed by atoms with E-state index >= 15 is 0 Å². The largest absolute Gasteiger partial charge is 0.550 e. The minimum absolute atomic E-state index is 0.124. The molecule has 0 radical (unpaired) electrons. The summed E-state index contributed by atoms with van der Waals surface area (Å²) < 4.78 is 0. The van der Waals surface area contributed by atoms with E-state index in [9.17, 15) is 9.90 Å². The minimum Gasteiger partial charge on any atom is -0.550 e. The second kappa shape index (κ2) is 8.79. The highest BCUT2D eigenvalue weighted by Gasteiger charge is 2.08. The zero-order valence-corrected chi connectivity index (χ0v) is 14.6. The second-order valence-corrected chi connectivity index (χ2v) is 6.63. The fourth-order valence-electron chi connectivity index (χ4n) is 2.54. The molecular weight excluding hydrogens is 308 g/mol. The van der Waals surface area contributed by atoms with Crippen LogP contribution in [0.4, 0.5) is 0 Å². The molecule has 4 nitrogen and oxygen atoms in total. The second-order valence-electron chi connectivity index (χ2n) is 5.77. The number of nitrogens with one attached hydrogen (secondary N) is 1. The molecule has 1 aromatic heterocycles. The summed E-state index contributed by atoms with van der Waals surface area (Å²) in [4.78, 5) is 16.6. The molecule has 2 rings (SSSR count). The first-order valence-electron chi connectivity index (χ1n) is 8.19. The monoisotopic (exact) mass is 332 g/mol. The number of hydrogen-bond acceptors (Lipinski definition) is 4. The van der Waals surface area contributed by atoms with E-state index in [2.05, 4.69) is 43.1 Å². The zero-order chi connectivity index (χ0) is 16.7. The van der Waals surface area contributed by atoms with Crippen LogP contribution in [0.15, 0.2) is 29.6 Å². The van der Waals surface area contributed by atoms with E-state index in [0.717, 1.165) is 23.7 Å². The quantitative estimate of drug-likeness (QED) is 0.753. The third-order valence-corrected chi connectivity index (χ3v) is 4.86. The van der Waals surface area contributed by atoms with Crippen LogP contribution in [0.5, 0.6) is 0 Å². The fourth-order valence-corrected chi connectivity index (χ4v) is 3.37. The summed E-state index contributed by atoms with van der Waals surface area (Å²) in [7, 11) is 0. The van der Waals surface area contributed by atoms with E-state index in [-0.39, 0.29) is 6.42 Å². The van der Waals surface area contributed by atoms with E-state index in [1.54, 1.807) is 10.3 Å². The number of benzene rings is 1. The molecule has 1 atom stereocenters. The number of thiazole rings is 1. The number of unbranched alkanes of at least 4 members (excludes halogenated alkanes) is 1. The number of hydrogen-bond donors (Lipinski definition) is 1. The highest BCUT2D eigenvalue weighted by Crippen LogP contribution is 2.24. The third kappa shape index (κ3) is 5.44. The third-order valence-electron chi connectivity index (χ3n) is 3.92. The van der Waals surface area contributed by atoms with Gasteiger partial charge in [-0.25, -0.2) is 4.98 Å². The molecule has 0 bridgehead atoms. The molecule has 0 saturated heterocycles. The lowest BCUT2D eigenvalue weighted by Gasteiger charge is -2.17. The van der Waals surface area contributed by atoms with Crippen molar-refractivity contribution in [3.05, 3.63) is 40.9 Å². The number of aromatic nitrogens is 1. The Bertz CT molecular complexity index is 622. The van der Waals surface area contributed by atoms with Gasteiger partial charge in [0.1, 0.15) is 11.6 Å². The van der Waals surface area contributed by atoms with Crippen LogP contribution in [0.2, 0.25) is 0 Å². The normalized spacial score (nSPS) is 12.3. The Morgan fingerprint density at radius 2 is 2.00 bits per heavy atom. The first-order chi connectivity index (χ1) is 11.1. The Hall–Kier alpha value is -1.72. The van der Waals surface area contributed by atoms with E-state index in [0.29, 0.717) is 5.69 Å². The molecule has 0 saturated carbocycles. The molecule has 0 aliphatic rings. The molecule has 1 unspecified atom stereocenters. The molecule has 1 heterocycles. The summed E-state index contributed by atoms with van der Waals surface area (Å²) >= 11 is 1.47. The first-order valence-corrected chi connectivity index (χ1v) is 9.07. The van der Waals surface area contributed by atoms with Crippen LogP contribution >= 0.6 is 11.3 Å². The van der Waals surface area contributed by atoms with Crippen LogP contribution in [0, 0.1) is 0 Å². The van der Waals surface area contributed by atoms with Crippen molar-refractivity contribution in [1.29, 1.82) is 0 Å². The summed E-state index contributed by atoms with van der Waals surface area (Å²) in [6.45, 7) is 7.86. The lowest BCUT2D eigenvalue weighted by molar-refractivity contribution is -0.912. The summed E-state index contributed by atoms with van der Waals surface area (Å²) in [5, 5.41) is 13.3. The van der Waals surface area contributed by atoms with Crippen molar-refractivity contribution < 1.29 is 14.8 Å². The number of carbonyl (C=O) groups excluding carboxylic acids is 1. The molecule has 0 spiro atoms. The van der Waals surface area contributed by atoms with Gasteiger partial charge in [-0.2, -0.15) is 0 Å². The van der Waals surface area contributed by atoms with Gasteiger partial charge < -0.3 is 14.8 Å². The number of nitrogens with zero attached hydrogens (tertiary/aromatic N) is 1. The van der Waals surface area contributed by atoms with Gasteiger partial charge in [-0.15, -0.1) is 11.3 Å².